The number of hydrogen-bond donors (Lipinski definition) is 5. The minimum atomic E-state index is -1.20. The van der Waals surface area contributed by atoms with Gasteiger partial charge in [0.1, 0.15) is 18.1 Å². The van der Waals surface area contributed by atoms with Crippen molar-refractivity contribution in [2.24, 2.45) is 0 Å². The predicted octanol–water partition coefficient (Wildman–Crippen LogP) is 9.60. The fraction of sp³-hybridized carbons (Fsp3) is 0.685. The summed E-state index contributed by atoms with van der Waals surface area (Å²) in [4.78, 5) is 85.9. The van der Waals surface area contributed by atoms with Gasteiger partial charge in [-0.2, -0.15) is 9.97 Å². The first kappa shape index (κ1) is 59.7. The van der Waals surface area contributed by atoms with Gasteiger partial charge in [-0.1, -0.05) is 168 Å². The summed E-state index contributed by atoms with van der Waals surface area (Å²) in [5.74, 6) is -2.62. The predicted molar refractivity (Wildman–Crippen MR) is 282 cm³/mol. The molecule has 0 unspecified atom stereocenters. The minimum Gasteiger partial charge on any atom is -0.467 e. The molecule has 0 spiro atoms. The first-order valence-electron chi connectivity index (χ1n) is 26.8. The van der Waals surface area contributed by atoms with E-state index in [-0.39, 0.29) is 30.2 Å². The van der Waals surface area contributed by atoms with E-state index < -0.39 is 47.8 Å². The van der Waals surface area contributed by atoms with Gasteiger partial charge in [-0.05, 0) is 43.5 Å². The second kappa shape index (κ2) is 35.5. The summed E-state index contributed by atoms with van der Waals surface area (Å²) in [6.45, 7) is 4.81. The number of benzene rings is 1. The molecule has 0 fully saturated rings. The molecule has 0 aliphatic rings. The summed E-state index contributed by atoms with van der Waals surface area (Å²) < 4.78 is 10.1. The Hall–Kier alpha value is -5.61. The highest BCUT2D eigenvalue weighted by molar-refractivity contribution is 5.98. The van der Waals surface area contributed by atoms with Crippen molar-refractivity contribution in [2.75, 3.05) is 37.6 Å². The van der Waals surface area contributed by atoms with E-state index in [9.17, 15) is 24.0 Å². The van der Waals surface area contributed by atoms with E-state index in [0.29, 0.717) is 42.7 Å². The molecule has 3 amide bonds. The van der Waals surface area contributed by atoms with E-state index in [1.54, 1.807) is 30.5 Å². The Morgan fingerprint density at radius 3 is 1.52 bits per heavy atom. The number of anilines is 3. The number of aromatic nitrogens is 4. The van der Waals surface area contributed by atoms with E-state index in [1.165, 1.54) is 117 Å². The molecule has 7 N–H and O–H groups in total. The van der Waals surface area contributed by atoms with Crippen molar-refractivity contribution in [3.05, 3.63) is 41.7 Å². The smallest absolute Gasteiger partial charge is 0.328 e. The lowest BCUT2D eigenvalue weighted by Crippen LogP contribution is -2.52. The average Bonchev–Trinajstić information content (AvgIpc) is 3.36. The topological polar surface area (TPSA) is 247 Å². The Bertz CT molecular complexity index is 2020. The molecule has 2 heterocycles. The van der Waals surface area contributed by atoms with Crippen molar-refractivity contribution in [3.8, 4) is 0 Å². The van der Waals surface area contributed by atoms with Crippen molar-refractivity contribution in [1.82, 2.24) is 35.9 Å². The van der Waals surface area contributed by atoms with Crippen molar-refractivity contribution in [3.63, 3.8) is 0 Å². The van der Waals surface area contributed by atoms with Crippen molar-refractivity contribution >= 4 is 58.3 Å². The maximum Gasteiger partial charge on any atom is 0.328 e. The zero-order chi connectivity index (χ0) is 51.6. The largest absolute Gasteiger partial charge is 0.467 e. The number of carbonyl (C=O) groups excluding carboxylic acids is 5. The normalized spacial score (nSPS) is 12.5. The van der Waals surface area contributed by atoms with Crippen LogP contribution < -0.4 is 32.3 Å². The van der Waals surface area contributed by atoms with Crippen LogP contribution in [-0.2, 0) is 35.2 Å². The number of rotatable bonds is 39. The molecule has 17 heteroatoms. The van der Waals surface area contributed by atoms with Gasteiger partial charge in [-0.3, -0.25) is 14.4 Å². The second-order valence-electron chi connectivity index (χ2n) is 19.1. The molecule has 17 nitrogen and oxygen atoms in total. The van der Waals surface area contributed by atoms with Crippen LogP contribution in [0.1, 0.15) is 210 Å². The van der Waals surface area contributed by atoms with Gasteiger partial charge in [-0.25, -0.2) is 19.6 Å². The lowest BCUT2D eigenvalue weighted by Gasteiger charge is -2.23. The number of fused-ring (bicyclic) bond motifs is 1. The summed E-state index contributed by atoms with van der Waals surface area (Å²) >= 11 is 0. The lowest BCUT2D eigenvalue weighted by molar-refractivity contribution is -0.145. The van der Waals surface area contributed by atoms with Crippen LogP contribution in [0.25, 0.3) is 11.2 Å². The highest BCUT2D eigenvalue weighted by Gasteiger charge is 2.29. The van der Waals surface area contributed by atoms with Gasteiger partial charge in [-0.15, -0.1) is 0 Å². The Balaban J connectivity index is 1.63. The number of hydrogen-bond acceptors (Lipinski definition) is 14. The molecular formula is C54H88N10O7. The van der Waals surface area contributed by atoms with E-state index in [4.69, 9.17) is 20.9 Å². The molecule has 0 radical (unpaired) electrons. The Morgan fingerprint density at radius 1 is 0.577 bits per heavy atom. The SMILES string of the molecule is CCCCCCCCCCCCCC[C@H](NC(=O)CC[C@H](NC(=O)c1ccc(N(C)Cc2cnc3nc(N)nc(N)c3n2)cc1)C(=O)N[C@@H](CCCCCCCCCCCCCC)C(=O)OC)C(=O)OC. The standard InChI is InChI=1S/C54H88N10O7/c1-6-8-10-12-14-16-18-20-22-24-26-28-30-44(52(68)70-4)59-46(65)37-36-43(51(67)61-45(53(69)71-5)31-29-27-25-23-21-19-17-15-13-11-9-7-2)60-50(66)40-32-34-42(35-33-40)64(3)39-41-38-57-49-47(58-41)48(55)62-54(56)63-49/h32-35,38,43-45H,6-31,36-37,39H2,1-5H3,(H,59,65)(H,60,66)(H,61,67)(H4,55,56,57,62,63)/t43-,44-,45-/m0/s1. The van der Waals surface area contributed by atoms with Crippen LogP contribution in [0.3, 0.4) is 0 Å². The molecule has 3 aromatic rings. The van der Waals surface area contributed by atoms with Crippen LogP contribution in [-0.4, -0.2) is 89.0 Å². The number of nitrogen functional groups attached to an aromatic ring is 2. The second-order valence-corrected chi connectivity index (χ2v) is 19.1. The first-order chi connectivity index (χ1) is 34.4. The summed E-state index contributed by atoms with van der Waals surface area (Å²) in [5, 5.41) is 8.42. The lowest BCUT2D eigenvalue weighted by atomic mass is 10.0. The van der Waals surface area contributed by atoms with Crippen molar-refractivity contribution in [2.45, 2.75) is 218 Å². The van der Waals surface area contributed by atoms with Crippen LogP contribution in [0, 0.1) is 0 Å². The van der Waals surface area contributed by atoms with E-state index in [0.717, 1.165) is 50.6 Å². The molecule has 396 valence electrons. The van der Waals surface area contributed by atoms with Gasteiger partial charge >= 0.3 is 11.9 Å². The molecule has 3 rings (SSSR count). The zero-order valence-electron chi connectivity index (χ0n) is 43.9. The van der Waals surface area contributed by atoms with Gasteiger partial charge < -0.3 is 41.8 Å². The van der Waals surface area contributed by atoms with Gasteiger partial charge in [0, 0.05) is 24.7 Å². The van der Waals surface area contributed by atoms with E-state index in [2.05, 4.69) is 49.7 Å². The Labute approximate surface area is 424 Å². The number of nitrogens with one attached hydrogen (secondary N) is 3. The van der Waals surface area contributed by atoms with Crippen molar-refractivity contribution in [1.29, 1.82) is 0 Å². The number of unbranched alkanes of at least 4 members (excludes halogenated alkanes) is 22. The van der Waals surface area contributed by atoms with Crippen LogP contribution in [0.2, 0.25) is 0 Å². The third-order valence-corrected chi connectivity index (χ3v) is 13.1. The molecule has 1 aromatic carbocycles. The molecule has 71 heavy (non-hydrogen) atoms. The summed E-state index contributed by atoms with van der Waals surface area (Å²) in [5.41, 5.74) is 14.0. The Kier molecular flexibility index (Phi) is 29.8. The number of methoxy groups -OCH3 is 2. The highest BCUT2D eigenvalue weighted by Crippen LogP contribution is 2.20. The van der Waals surface area contributed by atoms with Crippen LogP contribution in [0.4, 0.5) is 17.5 Å². The fourth-order valence-electron chi connectivity index (χ4n) is 8.75. The molecule has 0 saturated heterocycles. The molecule has 0 aliphatic heterocycles. The van der Waals surface area contributed by atoms with Crippen molar-refractivity contribution < 1.29 is 33.4 Å². The number of nitrogens with zero attached hydrogens (tertiary/aromatic N) is 5. The highest BCUT2D eigenvalue weighted by atomic mass is 16.5. The molecule has 0 bridgehead atoms. The summed E-state index contributed by atoms with van der Waals surface area (Å²) in [6, 6.07) is 3.80. The third-order valence-electron chi connectivity index (χ3n) is 13.1. The maximum absolute atomic E-state index is 14.0. The summed E-state index contributed by atoms with van der Waals surface area (Å²) in [7, 11) is 4.43. The number of amides is 3. The summed E-state index contributed by atoms with van der Waals surface area (Å²) in [6.07, 6.45) is 30.1. The third kappa shape index (κ3) is 23.9. The van der Waals surface area contributed by atoms with Crippen LogP contribution >= 0.6 is 0 Å². The van der Waals surface area contributed by atoms with E-state index in [1.807, 2.05) is 11.9 Å². The van der Waals surface area contributed by atoms with E-state index >= 15 is 0 Å². The molecule has 3 atom stereocenters. The molecule has 2 aromatic heterocycles. The van der Waals surface area contributed by atoms with Gasteiger partial charge in [0.2, 0.25) is 17.8 Å². The zero-order valence-corrected chi connectivity index (χ0v) is 43.9. The molecule has 0 saturated carbocycles. The van der Waals surface area contributed by atoms with Gasteiger partial charge in [0.05, 0.1) is 32.7 Å². The van der Waals surface area contributed by atoms with Gasteiger partial charge in [0.25, 0.3) is 5.91 Å². The Morgan fingerprint density at radius 2 is 1.04 bits per heavy atom. The monoisotopic (exact) mass is 989 g/mol. The number of carbonyl (C=O) groups is 5. The maximum atomic E-state index is 14.0. The number of nitrogens with two attached hydrogens (primary N) is 2. The average molecular weight is 989 g/mol. The molecular weight excluding hydrogens is 901 g/mol. The number of esters is 2. The van der Waals surface area contributed by atoms with Crippen LogP contribution in [0.15, 0.2) is 30.5 Å². The molecule has 0 aliphatic carbocycles. The van der Waals surface area contributed by atoms with Crippen LogP contribution in [0.5, 0.6) is 0 Å². The fourth-order valence-corrected chi connectivity index (χ4v) is 8.75. The number of ether oxygens (including phenoxy) is 2. The minimum absolute atomic E-state index is 0.00957. The first-order valence-corrected chi connectivity index (χ1v) is 26.8. The quantitative estimate of drug-likeness (QED) is 0.0264. The van der Waals surface area contributed by atoms with Gasteiger partial charge in [0.15, 0.2) is 17.0 Å².